The molecule has 0 aliphatic rings. The van der Waals surface area contributed by atoms with Gasteiger partial charge in [0.25, 0.3) is 0 Å². The lowest BCUT2D eigenvalue weighted by Gasteiger charge is -2.16. The van der Waals surface area contributed by atoms with Crippen LogP contribution in [0.25, 0.3) is 0 Å². The highest BCUT2D eigenvalue weighted by Crippen LogP contribution is 1.88. The van der Waals surface area contributed by atoms with Gasteiger partial charge in [-0.15, -0.1) is 0 Å². The maximum atomic E-state index is 11.5. The number of rotatable bonds is 6. The van der Waals surface area contributed by atoms with Crippen LogP contribution in [-0.2, 0) is 9.59 Å². The van der Waals surface area contributed by atoms with Crippen LogP contribution in [0.5, 0.6) is 0 Å². The first kappa shape index (κ1) is 14.6. The zero-order chi connectivity index (χ0) is 12.7. The average molecular weight is 227 g/mol. The van der Waals surface area contributed by atoms with Crippen LogP contribution in [0.3, 0.4) is 0 Å². The quantitative estimate of drug-likeness (QED) is 0.550. The predicted octanol–water partition coefficient (Wildman–Crippen LogP) is -0.209. The molecule has 16 heavy (non-hydrogen) atoms. The van der Waals surface area contributed by atoms with Crippen molar-refractivity contribution in [1.82, 2.24) is 16.0 Å². The molecule has 0 aliphatic carbocycles. The zero-order valence-corrected chi connectivity index (χ0v) is 10.4. The van der Waals surface area contributed by atoms with Gasteiger partial charge in [-0.1, -0.05) is 12.2 Å². The van der Waals surface area contributed by atoms with Crippen LogP contribution < -0.4 is 16.0 Å². The molecule has 3 N–H and O–H groups in total. The van der Waals surface area contributed by atoms with Crippen molar-refractivity contribution in [3.05, 3.63) is 12.2 Å². The molecule has 0 aromatic rings. The van der Waals surface area contributed by atoms with Gasteiger partial charge in [0.05, 0.1) is 6.04 Å². The maximum absolute atomic E-state index is 11.5. The van der Waals surface area contributed by atoms with Crippen molar-refractivity contribution in [2.45, 2.75) is 32.9 Å². The van der Waals surface area contributed by atoms with E-state index >= 15 is 0 Å². The van der Waals surface area contributed by atoms with Gasteiger partial charge in [0.1, 0.15) is 6.04 Å². The molecule has 5 nitrogen and oxygen atoms in total. The van der Waals surface area contributed by atoms with Gasteiger partial charge >= 0.3 is 0 Å². The Kier molecular flexibility index (Phi) is 6.41. The normalized spacial score (nSPS) is 13.8. The summed E-state index contributed by atoms with van der Waals surface area (Å²) in [6, 6.07) is -0.848. The Labute approximate surface area is 96.7 Å². The van der Waals surface area contributed by atoms with Gasteiger partial charge in [-0.25, -0.2) is 0 Å². The Bertz CT molecular complexity index is 276. The number of likely N-dealkylation sites (N-methyl/N-ethyl adjacent to an activating group) is 1. The summed E-state index contributed by atoms with van der Waals surface area (Å²) in [4.78, 5) is 23.0. The standard InChI is InChI=1S/C11H21N3O2/c1-7(2)6-13-10(15)9(4)14-11(16)8(3)12-5/h8-9,12H,1,6H2,2-5H3,(H,13,15)(H,14,16)/t8-,9?/m0/s1. The molecule has 0 aromatic heterocycles. The van der Waals surface area contributed by atoms with Crippen LogP contribution >= 0.6 is 0 Å². The Morgan fingerprint density at radius 2 is 1.75 bits per heavy atom. The van der Waals surface area contributed by atoms with Crippen molar-refractivity contribution >= 4 is 11.8 Å². The van der Waals surface area contributed by atoms with Crippen molar-refractivity contribution < 1.29 is 9.59 Å². The van der Waals surface area contributed by atoms with E-state index in [1.807, 2.05) is 6.92 Å². The van der Waals surface area contributed by atoms with E-state index < -0.39 is 6.04 Å². The first-order valence-corrected chi connectivity index (χ1v) is 5.28. The van der Waals surface area contributed by atoms with E-state index in [-0.39, 0.29) is 17.9 Å². The molecular weight excluding hydrogens is 206 g/mol. The van der Waals surface area contributed by atoms with Crippen molar-refractivity contribution in [1.29, 1.82) is 0 Å². The molecule has 92 valence electrons. The topological polar surface area (TPSA) is 70.2 Å². The van der Waals surface area contributed by atoms with Crippen LogP contribution in [0.4, 0.5) is 0 Å². The van der Waals surface area contributed by atoms with Crippen LogP contribution in [0.1, 0.15) is 20.8 Å². The Morgan fingerprint density at radius 3 is 2.19 bits per heavy atom. The first-order chi connectivity index (χ1) is 7.38. The summed E-state index contributed by atoms with van der Waals surface area (Å²) in [5.41, 5.74) is 0.871. The maximum Gasteiger partial charge on any atom is 0.242 e. The van der Waals surface area contributed by atoms with Crippen LogP contribution in [-0.4, -0.2) is 37.5 Å². The molecule has 0 saturated carbocycles. The fourth-order valence-electron chi connectivity index (χ4n) is 0.926. The molecule has 0 fully saturated rings. The second-order valence-electron chi connectivity index (χ2n) is 3.92. The smallest absolute Gasteiger partial charge is 0.242 e. The number of hydrogen-bond donors (Lipinski definition) is 3. The third-order valence-electron chi connectivity index (χ3n) is 2.14. The van der Waals surface area contributed by atoms with Gasteiger partial charge in [-0.3, -0.25) is 9.59 Å². The predicted molar refractivity (Wildman–Crippen MR) is 64.0 cm³/mol. The number of hydrogen-bond acceptors (Lipinski definition) is 3. The Hall–Kier alpha value is -1.36. The fourth-order valence-corrected chi connectivity index (χ4v) is 0.926. The molecule has 2 atom stereocenters. The van der Waals surface area contributed by atoms with E-state index in [4.69, 9.17) is 0 Å². The third kappa shape index (κ3) is 5.50. The van der Waals surface area contributed by atoms with Crippen molar-refractivity contribution in [2.75, 3.05) is 13.6 Å². The average Bonchev–Trinajstić information content (AvgIpc) is 2.24. The summed E-state index contributed by atoms with van der Waals surface area (Å²) in [6.07, 6.45) is 0. The van der Waals surface area contributed by atoms with Gasteiger partial charge in [-0.2, -0.15) is 0 Å². The minimum atomic E-state index is -0.539. The molecule has 0 saturated heterocycles. The molecule has 0 heterocycles. The third-order valence-corrected chi connectivity index (χ3v) is 2.14. The molecule has 0 spiro atoms. The number of carbonyl (C=O) groups is 2. The lowest BCUT2D eigenvalue weighted by Crippen LogP contribution is -2.50. The highest BCUT2D eigenvalue weighted by atomic mass is 16.2. The highest BCUT2D eigenvalue weighted by Gasteiger charge is 2.17. The molecule has 0 bridgehead atoms. The van der Waals surface area contributed by atoms with Gasteiger partial charge in [0.2, 0.25) is 11.8 Å². The van der Waals surface area contributed by atoms with Gasteiger partial charge in [0, 0.05) is 6.54 Å². The second-order valence-corrected chi connectivity index (χ2v) is 3.92. The van der Waals surface area contributed by atoms with Crippen molar-refractivity contribution in [2.24, 2.45) is 0 Å². The van der Waals surface area contributed by atoms with Gasteiger partial charge < -0.3 is 16.0 Å². The van der Waals surface area contributed by atoms with Crippen molar-refractivity contribution in [3.8, 4) is 0 Å². The fraction of sp³-hybridized carbons (Fsp3) is 0.636. The molecule has 1 unspecified atom stereocenters. The number of nitrogens with one attached hydrogen (secondary N) is 3. The van der Waals surface area contributed by atoms with E-state index in [9.17, 15) is 9.59 Å². The second kappa shape index (κ2) is 7.00. The molecule has 0 radical (unpaired) electrons. The lowest BCUT2D eigenvalue weighted by molar-refractivity contribution is -0.129. The molecule has 0 rings (SSSR count). The van der Waals surface area contributed by atoms with Crippen molar-refractivity contribution in [3.63, 3.8) is 0 Å². The van der Waals surface area contributed by atoms with E-state index in [1.54, 1.807) is 20.9 Å². The summed E-state index contributed by atoms with van der Waals surface area (Å²) in [5, 5.41) is 8.08. The van der Waals surface area contributed by atoms with E-state index in [0.29, 0.717) is 6.54 Å². The summed E-state index contributed by atoms with van der Waals surface area (Å²) in [6.45, 7) is 9.31. The number of amides is 2. The summed E-state index contributed by atoms with van der Waals surface area (Å²) in [5.74, 6) is -0.403. The summed E-state index contributed by atoms with van der Waals surface area (Å²) < 4.78 is 0. The Balaban J connectivity index is 4.05. The van der Waals surface area contributed by atoms with Crippen LogP contribution in [0.15, 0.2) is 12.2 Å². The van der Waals surface area contributed by atoms with Crippen LogP contribution in [0, 0.1) is 0 Å². The highest BCUT2D eigenvalue weighted by molar-refractivity contribution is 5.89. The Morgan fingerprint density at radius 1 is 1.19 bits per heavy atom. The molecule has 5 heteroatoms. The molecule has 2 amide bonds. The summed E-state index contributed by atoms with van der Waals surface area (Å²) >= 11 is 0. The van der Waals surface area contributed by atoms with E-state index in [2.05, 4.69) is 22.5 Å². The largest absolute Gasteiger partial charge is 0.351 e. The molecule has 0 aromatic carbocycles. The summed E-state index contributed by atoms with van der Waals surface area (Å²) in [7, 11) is 1.69. The first-order valence-electron chi connectivity index (χ1n) is 5.28. The molecular formula is C11H21N3O2. The van der Waals surface area contributed by atoms with Gasteiger partial charge in [-0.05, 0) is 27.8 Å². The SMILES string of the molecule is C=C(C)CNC(=O)C(C)NC(=O)[C@H](C)NC. The van der Waals surface area contributed by atoms with E-state index in [0.717, 1.165) is 5.57 Å². The monoisotopic (exact) mass is 227 g/mol. The zero-order valence-electron chi connectivity index (χ0n) is 10.4. The minimum Gasteiger partial charge on any atom is -0.351 e. The lowest BCUT2D eigenvalue weighted by atomic mass is 10.2. The van der Waals surface area contributed by atoms with E-state index in [1.165, 1.54) is 0 Å². The van der Waals surface area contributed by atoms with Gasteiger partial charge in [0.15, 0.2) is 0 Å². The molecule has 0 aliphatic heterocycles. The van der Waals surface area contributed by atoms with Crippen LogP contribution in [0.2, 0.25) is 0 Å². The minimum absolute atomic E-state index is 0.194. The number of carbonyl (C=O) groups excluding carboxylic acids is 2.